The summed E-state index contributed by atoms with van der Waals surface area (Å²) in [6, 6.07) is 0. The van der Waals surface area contributed by atoms with Crippen molar-refractivity contribution in [3.63, 3.8) is 0 Å². The minimum absolute atomic E-state index is 0.116. The van der Waals surface area contributed by atoms with Crippen LogP contribution >= 0.6 is 0 Å². The molecule has 1 heterocycles. The molecule has 0 aromatic rings. The second kappa shape index (κ2) is 3.27. The van der Waals surface area contributed by atoms with Crippen molar-refractivity contribution in [2.24, 2.45) is 0 Å². The van der Waals surface area contributed by atoms with E-state index in [0.717, 1.165) is 0 Å². The maximum Gasteiger partial charge on any atom is 0.192 e. The molecule has 11 heavy (non-hydrogen) atoms. The minimum Gasteiger partial charge on any atom is -0.393 e. The van der Waals surface area contributed by atoms with Crippen molar-refractivity contribution in [3.8, 4) is 0 Å². The van der Waals surface area contributed by atoms with Crippen molar-refractivity contribution >= 4 is 5.78 Å². The standard InChI is InChI=1S/C6H10O5/c7-2-4-6(10)3(8)1-5(9)11-4/h3-5,7-9H,1-2H2/t3?,4?,5-/m1/s1. The molecular weight excluding hydrogens is 152 g/mol. The van der Waals surface area contributed by atoms with Crippen LogP contribution in [0.3, 0.4) is 0 Å². The molecule has 0 aliphatic carbocycles. The molecule has 0 amide bonds. The van der Waals surface area contributed by atoms with E-state index >= 15 is 0 Å². The Balaban J connectivity index is 2.59. The van der Waals surface area contributed by atoms with Gasteiger partial charge in [0, 0.05) is 6.42 Å². The smallest absolute Gasteiger partial charge is 0.192 e. The quantitative estimate of drug-likeness (QED) is 0.415. The summed E-state index contributed by atoms with van der Waals surface area (Å²) in [5.41, 5.74) is 0. The fourth-order valence-electron chi connectivity index (χ4n) is 0.967. The predicted molar refractivity (Wildman–Crippen MR) is 33.6 cm³/mol. The monoisotopic (exact) mass is 162 g/mol. The van der Waals surface area contributed by atoms with Gasteiger partial charge in [0.1, 0.15) is 12.2 Å². The number of hydrogen-bond donors (Lipinski definition) is 3. The molecule has 0 spiro atoms. The van der Waals surface area contributed by atoms with Crippen LogP contribution < -0.4 is 0 Å². The SMILES string of the molecule is O=C1C(O)C[C@H](O)OC1CO. The van der Waals surface area contributed by atoms with Gasteiger partial charge in [0.2, 0.25) is 0 Å². The van der Waals surface area contributed by atoms with E-state index in [4.69, 9.17) is 15.3 Å². The average molecular weight is 162 g/mol. The number of rotatable bonds is 1. The highest BCUT2D eigenvalue weighted by Crippen LogP contribution is 2.14. The summed E-state index contributed by atoms with van der Waals surface area (Å²) in [6.07, 6.45) is -3.56. The lowest BCUT2D eigenvalue weighted by atomic mass is 10.0. The molecule has 3 N–H and O–H groups in total. The van der Waals surface area contributed by atoms with E-state index in [1.165, 1.54) is 0 Å². The van der Waals surface area contributed by atoms with Gasteiger partial charge in [-0.15, -0.1) is 0 Å². The molecule has 1 aliphatic heterocycles. The van der Waals surface area contributed by atoms with Gasteiger partial charge in [0.05, 0.1) is 6.61 Å². The van der Waals surface area contributed by atoms with E-state index in [2.05, 4.69) is 4.74 Å². The van der Waals surface area contributed by atoms with Gasteiger partial charge in [0.15, 0.2) is 12.1 Å². The molecule has 3 atom stereocenters. The Morgan fingerprint density at radius 1 is 1.55 bits per heavy atom. The predicted octanol–water partition coefficient (Wildman–Crippen LogP) is -1.98. The molecule has 64 valence electrons. The minimum atomic E-state index is -1.21. The van der Waals surface area contributed by atoms with E-state index in [1.807, 2.05) is 0 Å². The first-order valence-corrected chi connectivity index (χ1v) is 3.31. The first-order chi connectivity index (χ1) is 5.15. The van der Waals surface area contributed by atoms with Gasteiger partial charge in [-0.2, -0.15) is 0 Å². The molecule has 2 unspecified atom stereocenters. The average Bonchev–Trinajstić information content (AvgIpc) is 1.96. The Kier molecular flexibility index (Phi) is 2.56. The van der Waals surface area contributed by atoms with Crippen molar-refractivity contribution in [2.45, 2.75) is 24.9 Å². The van der Waals surface area contributed by atoms with E-state index in [-0.39, 0.29) is 6.42 Å². The van der Waals surface area contributed by atoms with Gasteiger partial charge in [-0.25, -0.2) is 0 Å². The summed E-state index contributed by atoms with van der Waals surface area (Å²) < 4.78 is 4.61. The fraction of sp³-hybridized carbons (Fsp3) is 0.833. The number of aliphatic hydroxyl groups is 3. The summed E-state index contributed by atoms with van der Waals surface area (Å²) in [6.45, 7) is -0.507. The molecule has 1 fully saturated rings. The number of ether oxygens (including phenoxy) is 1. The van der Waals surface area contributed by atoms with Crippen LogP contribution in [-0.2, 0) is 9.53 Å². The lowest BCUT2D eigenvalue weighted by molar-refractivity contribution is -0.198. The summed E-state index contributed by atoms with van der Waals surface area (Å²) >= 11 is 0. The Bertz CT molecular complexity index is 157. The third-order valence-corrected chi connectivity index (χ3v) is 1.56. The van der Waals surface area contributed by atoms with Crippen molar-refractivity contribution in [3.05, 3.63) is 0 Å². The third kappa shape index (κ3) is 1.75. The topological polar surface area (TPSA) is 87.0 Å². The summed E-state index contributed by atoms with van der Waals surface area (Å²) in [5, 5.41) is 26.3. The summed E-state index contributed by atoms with van der Waals surface area (Å²) in [5.74, 6) is -0.571. The first-order valence-electron chi connectivity index (χ1n) is 3.31. The second-order valence-electron chi connectivity index (χ2n) is 2.42. The van der Waals surface area contributed by atoms with Crippen LogP contribution in [0, 0.1) is 0 Å². The first kappa shape index (κ1) is 8.61. The lowest BCUT2D eigenvalue weighted by Gasteiger charge is -2.27. The number of aliphatic hydroxyl groups excluding tert-OH is 3. The molecule has 0 radical (unpaired) electrons. The van der Waals surface area contributed by atoms with Crippen LogP contribution in [0.5, 0.6) is 0 Å². The zero-order valence-electron chi connectivity index (χ0n) is 5.80. The fourth-order valence-corrected chi connectivity index (χ4v) is 0.967. The number of ketones is 1. The number of Topliss-reactive ketones (excluding diaryl/α,β-unsaturated/α-hetero) is 1. The van der Waals surface area contributed by atoms with E-state index < -0.39 is 30.9 Å². The van der Waals surface area contributed by atoms with Crippen molar-refractivity contribution in [1.29, 1.82) is 0 Å². The van der Waals surface area contributed by atoms with Crippen LogP contribution in [-0.4, -0.2) is 46.2 Å². The molecule has 0 saturated carbocycles. The third-order valence-electron chi connectivity index (χ3n) is 1.56. The van der Waals surface area contributed by atoms with Crippen molar-refractivity contribution in [2.75, 3.05) is 6.61 Å². The highest BCUT2D eigenvalue weighted by atomic mass is 16.6. The Morgan fingerprint density at radius 3 is 2.73 bits per heavy atom. The largest absolute Gasteiger partial charge is 0.393 e. The van der Waals surface area contributed by atoms with Gasteiger partial charge in [-0.1, -0.05) is 0 Å². The summed E-state index contributed by atoms with van der Waals surface area (Å²) in [7, 11) is 0. The van der Waals surface area contributed by atoms with Crippen LogP contribution in [0.25, 0.3) is 0 Å². The molecule has 0 aromatic carbocycles. The molecule has 0 bridgehead atoms. The molecule has 5 heteroatoms. The number of hydrogen-bond acceptors (Lipinski definition) is 5. The van der Waals surface area contributed by atoms with E-state index in [0.29, 0.717) is 0 Å². The molecule has 5 nitrogen and oxygen atoms in total. The van der Waals surface area contributed by atoms with Crippen molar-refractivity contribution < 1.29 is 24.9 Å². The second-order valence-corrected chi connectivity index (χ2v) is 2.42. The zero-order valence-corrected chi connectivity index (χ0v) is 5.80. The van der Waals surface area contributed by atoms with Gasteiger partial charge < -0.3 is 20.1 Å². The number of carbonyl (C=O) groups is 1. The Morgan fingerprint density at radius 2 is 2.18 bits per heavy atom. The Labute approximate surface area is 63.2 Å². The van der Waals surface area contributed by atoms with E-state index in [9.17, 15) is 4.79 Å². The molecule has 1 saturated heterocycles. The van der Waals surface area contributed by atoms with Crippen LogP contribution in [0.15, 0.2) is 0 Å². The lowest BCUT2D eigenvalue weighted by Crippen LogP contribution is -2.46. The highest BCUT2D eigenvalue weighted by molar-refractivity contribution is 5.87. The summed E-state index contributed by atoms with van der Waals surface area (Å²) in [4.78, 5) is 10.9. The number of carbonyl (C=O) groups excluding carboxylic acids is 1. The van der Waals surface area contributed by atoms with Gasteiger partial charge in [-0.05, 0) is 0 Å². The molecular formula is C6H10O5. The van der Waals surface area contributed by atoms with Crippen LogP contribution in [0.1, 0.15) is 6.42 Å². The van der Waals surface area contributed by atoms with Gasteiger partial charge >= 0.3 is 0 Å². The van der Waals surface area contributed by atoms with Gasteiger partial charge in [-0.3, -0.25) is 4.79 Å². The highest BCUT2D eigenvalue weighted by Gasteiger charge is 2.34. The molecule has 1 rings (SSSR count). The maximum absolute atomic E-state index is 10.9. The Hall–Kier alpha value is -0.490. The van der Waals surface area contributed by atoms with Crippen LogP contribution in [0.4, 0.5) is 0 Å². The zero-order chi connectivity index (χ0) is 8.43. The van der Waals surface area contributed by atoms with Crippen LogP contribution in [0.2, 0.25) is 0 Å². The molecule has 1 aliphatic rings. The maximum atomic E-state index is 10.9. The normalized spacial score (nSPS) is 39.2. The molecule has 0 aromatic heterocycles. The van der Waals surface area contributed by atoms with E-state index in [1.54, 1.807) is 0 Å². The van der Waals surface area contributed by atoms with Gasteiger partial charge in [0.25, 0.3) is 0 Å². The van der Waals surface area contributed by atoms with Crippen molar-refractivity contribution in [1.82, 2.24) is 0 Å².